The van der Waals surface area contributed by atoms with Gasteiger partial charge in [-0.05, 0) is 44.2 Å². The monoisotopic (exact) mass is 472 g/mol. The maximum atomic E-state index is 14.9. The van der Waals surface area contributed by atoms with E-state index in [9.17, 15) is 9.18 Å². The molecule has 5 rings (SSSR count). The van der Waals surface area contributed by atoms with Crippen LogP contribution in [0.3, 0.4) is 0 Å². The van der Waals surface area contributed by atoms with Gasteiger partial charge in [-0.1, -0.05) is 23.7 Å². The summed E-state index contributed by atoms with van der Waals surface area (Å²) in [6.45, 7) is -1.46. The summed E-state index contributed by atoms with van der Waals surface area (Å²) in [6, 6.07) is 11.6. The molecule has 1 unspecified atom stereocenters. The van der Waals surface area contributed by atoms with E-state index in [0.29, 0.717) is 45.1 Å². The number of thiophene rings is 1. The fraction of sp³-hybridized carbons (Fsp3) is 0.217. The zero-order chi connectivity index (χ0) is 24.7. The Hall–Kier alpha value is -2.94. The Kier molecular flexibility index (Phi) is 4.69. The van der Waals surface area contributed by atoms with Gasteiger partial charge >= 0.3 is 0 Å². The molecule has 2 aromatic heterocycles. The summed E-state index contributed by atoms with van der Waals surface area (Å²) in [5.41, 5.74) is 2.06. The third-order valence-electron chi connectivity index (χ3n) is 5.38. The average molecular weight is 473 g/mol. The molecule has 1 fully saturated rings. The minimum atomic E-state index is -2.16. The van der Waals surface area contributed by atoms with Crippen LogP contribution in [0.5, 0.6) is 0 Å². The lowest BCUT2D eigenvalue weighted by atomic mass is 10.2. The summed E-state index contributed by atoms with van der Waals surface area (Å²) >= 11 is 7.42. The number of halogens is 2. The summed E-state index contributed by atoms with van der Waals surface area (Å²) in [7, 11) is 0. The molecule has 1 atom stereocenters. The number of fused-ring (bicyclic) bond motifs is 1. The van der Waals surface area contributed by atoms with Crippen molar-refractivity contribution in [3.8, 4) is 5.69 Å². The smallest absolute Gasteiger partial charge is 0.261 e. The molecule has 0 aliphatic carbocycles. The van der Waals surface area contributed by atoms with Gasteiger partial charge in [0.05, 0.1) is 38.7 Å². The lowest BCUT2D eigenvalue weighted by molar-refractivity contribution is 0.0942. The van der Waals surface area contributed by atoms with Gasteiger partial charge in [0.1, 0.15) is 5.82 Å². The second-order valence-electron chi connectivity index (χ2n) is 7.63. The molecule has 4 aromatic rings. The Morgan fingerprint density at radius 2 is 2.19 bits per heavy atom. The number of likely N-dealkylation sites (N-methyl/N-ethyl adjacent to an activating group) is 1. The van der Waals surface area contributed by atoms with Gasteiger partial charge in [-0.3, -0.25) is 4.79 Å². The second-order valence-corrected chi connectivity index (χ2v) is 8.94. The first-order chi connectivity index (χ1) is 16.7. The Balaban J connectivity index is 1.33. The highest BCUT2D eigenvalue weighted by Gasteiger charge is 2.22. The lowest BCUT2D eigenvalue weighted by Gasteiger charge is -2.11. The number of likely N-dealkylation sites (tertiary alicyclic amines) is 1. The van der Waals surface area contributed by atoms with Crippen LogP contribution in [-0.4, -0.2) is 46.7 Å². The number of hydrogen-bond donors (Lipinski definition) is 2. The molecule has 1 aliphatic heterocycles. The summed E-state index contributed by atoms with van der Waals surface area (Å²) in [6.07, 6.45) is 2.21. The van der Waals surface area contributed by atoms with E-state index in [1.807, 2.05) is 6.07 Å². The maximum absolute atomic E-state index is 14.9. The maximum Gasteiger partial charge on any atom is 0.261 e. The fourth-order valence-electron chi connectivity index (χ4n) is 3.75. The first-order valence-electron chi connectivity index (χ1n) is 11.5. The van der Waals surface area contributed by atoms with Crippen molar-refractivity contribution in [2.24, 2.45) is 0 Å². The van der Waals surface area contributed by atoms with Crippen molar-refractivity contribution >= 4 is 51.1 Å². The highest BCUT2D eigenvalue weighted by Crippen LogP contribution is 2.31. The number of rotatable bonds is 5. The number of carbonyl (C=O) groups is 1. The number of anilines is 2. The predicted octanol–water partition coefficient (Wildman–Crippen LogP) is 5.06. The molecule has 6 nitrogen and oxygen atoms in total. The van der Waals surface area contributed by atoms with E-state index < -0.39 is 12.8 Å². The summed E-state index contributed by atoms with van der Waals surface area (Å²) in [4.78, 5) is 14.6. The van der Waals surface area contributed by atoms with Crippen molar-refractivity contribution in [3.05, 3.63) is 69.8 Å². The van der Waals surface area contributed by atoms with Crippen LogP contribution in [0.1, 0.15) is 20.2 Å². The number of aromatic nitrogens is 2. The predicted molar refractivity (Wildman–Crippen MR) is 127 cm³/mol. The largest absolute Gasteiger partial charge is 0.352 e. The third-order valence-corrected chi connectivity index (χ3v) is 6.62. The molecule has 0 bridgehead atoms. The van der Waals surface area contributed by atoms with E-state index in [1.165, 1.54) is 22.3 Å². The lowest BCUT2D eigenvalue weighted by Crippen LogP contribution is -2.36. The van der Waals surface area contributed by atoms with Gasteiger partial charge in [0.15, 0.2) is 0 Å². The number of benzene rings is 2. The van der Waals surface area contributed by atoms with E-state index in [-0.39, 0.29) is 24.2 Å². The Bertz CT molecular complexity index is 1410. The number of para-hydroxylation sites is 1. The SMILES string of the molecule is [2H]C([2H])([2H])N1CCC(NC(=O)c2cc(-n3ncc4cc(Nc5ccccc5Cl)c(F)cc43)cs2)C1. The van der Waals surface area contributed by atoms with Gasteiger partial charge in [-0.15, -0.1) is 11.3 Å². The van der Waals surface area contributed by atoms with Crippen LogP contribution in [0.15, 0.2) is 54.0 Å². The van der Waals surface area contributed by atoms with Crippen molar-refractivity contribution < 1.29 is 13.3 Å². The normalized spacial score (nSPS) is 18.3. The van der Waals surface area contributed by atoms with Crippen molar-refractivity contribution in [3.63, 3.8) is 0 Å². The first kappa shape index (κ1) is 17.6. The highest BCUT2D eigenvalue weighted by molar-refractivity contribution is 7.12. The fourth-order valence-corrected chi connectivity index (χ4v) is 4.70. The number of carbonyl (C=O) groups excluding carboxylic acids is 1. The summed E-state index contributed by atoms with van der Waals surface area (Å²) < 4.78 is 39.0. The number of hydrogen-bond acceptors (Lipinski definition) is 5. The molecule has 1 amide bonds. The van der Waals surface area contributed by atoms with Crippen molar-refractivity contribution in [2.45, 2.75) is 12.5 Å². The standard InChI is InChI=1S/C23H21ClFN5OS/c1-29-7-6-15(12-29)27-23(31)22-9-16(13-32-22)30-21-10-18(25)20(8-14(21)11-26-30)28-19-5-3-2-4-17(19)24/h2-5,8-11,13,15,28H,6-7,12H2,1H3,(H,27,31)/i1D3. The molecule has 0 spiro atoms. The van der Waals surface area contributed by atoms with Gasteiger partial charge < -0.3 is 15.5 Å². The van der Waals surface area contributed by atoms with Crippen molar-refractivity contribution in [1.29, 1.82) is 0 Å². The third kappa shape index (κ3) is 4.09. The first-order valence-corrected chi connectivity index (χ1v) is 11.3. The summed E-state index contributed by atoms with van der Waals surface area (Å²) in [5, 5.41) is 13.3. The van der Waals surface area contributed by atoms with Crippen molar-refractivity contribution in [2.75, 3.05) is 25.4 Å². The van der Waals surface area contributed by atoms with Crippen LogP contribution in [0, 0.1) is 5.82 Å². The second kappa shape index (κ2) is 8.54. The topological polar surface area (TPSA) is 62.2 Å². The van der Waals surface area contributed by atoms with Crippen LogP contribution in [0.2, 0.25) is 5.02 Å². The molecular formula is C23H21ClFN5OS. The van der Waals surface area contributed by atoms with Crippen LogP contribution >= 0.6 is 22.9 Å². The summed E-state index contributed by atoms with van der Waals surface area (Å²) in [5.74, 6) is -0.736. The highest BCUT2D eigenvalue weighted by atomic mass is 35.5. The minimum Gasteiger partial charge on any atom is -0.352 e. The van der Waals surface area contributed by atoms with E-state index in [2.05, 4.69) is 15.7 Å². The van der Waals surface area contributed by atoms with Crippen LogP contribution in [-0.2, 0) is 0 Å². The molecule has 164 valence electrons. The molecule has 2 aromatic carbocycles. The van der Waals surface area contributed by atoms with Crippen molar-refractivity contribution in [1.82, 2.24) is 20.0 Å². The number of amides is 1. The van der Waals surface area contributed by atoms with Crippen LogP contribution < -0.4 is 10.6 Å². The van der Waals surface area contributed by atoms with E-state index in [1.54, 1.807) is 46.6 Å². The molecule has 1 aliphatic rings. The van der Waals surface area contributed by atoms with Gasteiger partial charge in [-0.2, -0.15) is 5.10 Å². The zero-order valence-electron chi connectivity index (χ0n) is 19.8. The molecule has 3 heterocycles. The van der Waals surface area contributed by atoms with Crippen LogP contribution in [0.25, 0.3) is 16.6 Å². The van der Waals surface area contributed by atoms with E-state index >= 15 is 0 Å². The number of nitrogens with zero attached hydrogens (tertiary/aromatic N) is 3. The van der Waals surface area contributed by atoms with Gasteiger partial charge in [0, 0.05) is 33.5 Å². The quantitative estimate of drug-likeness (QED) is 0.426. The molecule has 0 radical (unpaired) electrons. The zero-order valence-corrected chi connectivity index (χ0v) is 18.4. The minimum absolute atomic E-state index is 0.225. The van der Waals surface area contributed by atoms with E-state index in [0.717, 1.165) is 0 Å². The average Bonchev–Trinajstić information content (AvgIpc) is 3.54. The number of nitrogens with one attached hydrogen (secondary N) is 2. The Morgan fingerprint density at radius 1 is 1.31 bits per heavy atom. The molecule has 32 heavy (non-hydrogen) atoms. The molecular weight excluding hydrogens is 449 g/mol. The van der Waals surface area contributed by atoms with Gasteiger partial charge in [0.25, 0.3) is 5.91 Å². The molecule has 0 saturated carbocycles. The molecule has 1 saturated heterocycles. The molecule has 9 heteroatoms. The van der Waals surface area contributed by atoms with Gasteiger partial charge in [0.2, 0.25) is 0 Å². The molecule has 2 N–H and O–H groups in total. The van der Waals surface area contributed by atoms with Crippen LogP contribution in [0.4, 0.5) is 15.8 Å². The Labute approximate surface area is 197 Å². The van der Waals surface area contributed by atoms with Gasteiger partial charge in [-0.25, -0.2) is 9.07 Å². The van der Waals surface area contributed by atoms with E-state index in [4.69, 9.17) is 15.7 Å². The Morgan fingerprint density at radius 3 is 3.00 bits per heavy atom.